The maximum atomic E-state index is 12.7. The van der Waals surface area contributed by atoms with Gasteiger partial charge in [-0.2, -0.15) is 5.10 Å². The first kappa shape index (κ1) is 23.3. The van der Waals surface area contributed by atoms with E-state index in [2.05, 4.69) is 20.7 Å². The van der Waals surface area contributed by atoms with Gasteiger partial charge in [0, 0.05) is 17.7 Å². The van der Waals surface area contributed by atoms with Gasteiger partial charge >= 0.3 is 0 Å². The standard InChI is InChI=1S/C21H22ClN5O4S/c1-14-12-15(2)27(25-14)11-10-20(28)23-24-21(29)16-6-5-7-17(13-16)32(30,31)26-19-9-4-3-8-18(19)22/h3-9,12-13,26H,10-11H2,1-2H3,(H,23,28)(H,24,29). The summed E-state index contributed by atoms with van der Waals surface area (Å²) in [5.41, 5.74) is 6.68. The number of aromatic nitrogens is 2. The second-order valence-corrected chi connectivity index (χ2v) is 9.11. The van der Waals surface area contributed by atoms with Gasteiger partial charge in [0.15, 0.2) is 0 Å². The second kappa shape index (κ2) is 9.84. The average molecular weight is 476 g/mol. The molecule has 0 bridgehead atoms. The molecule has 1 aromatic heterocycles. The molecule has 0 aliphatic rings. The Morgan fingerprint density at radius 1 is 1.03 bits per heavy atom. The Labute approximate surface area is 190 Å². The van der Waals surface area contributed by atoms with Crippen LogP contribution in [0, 0.1) is 13.8 Å². The van der Waals surface area contributed by atoms with Gasteiger partial charge < -0.3 is 0 Å². The maximum absolute atomic E-state index is 12.7. The van der Waals surface area contributed by atoms with E-state index in [-0.39, 0.29) is 27.6 Å². The minimum Gasteiger partial charge on any atom is -0.278 e. The number of carbonyl (C=O) groups is 2. The van der Waals surface area contributed by atoms with Gasteiger partial charge in [0.25, 0.3) is 15.9 Å². The van der Waals surface area contributed by atoms with Gasteiger partial charge in [0.05, 0.1) is 27.8 Å². The molecule has 168 valence electrons. The lowest BCUT2D eigenvalue weighted by molar-refractivity contribution is -0.122. The highest BCUT2D eigenvalue weighted by Crippen LogP contribution is 2.24. The van der Waals surface area contributed by atoms with Crippen molar-refractivity contribution in [1.82, 2.24) is 20.6 Å². The number of rotatable bonds is 7. The van der Waals surface area contributed by atoms with Crippen LogP contribution in [0.5, 0.6) is 0 Å². The molecular formula is C21H22ClN5O4S. The molecule has 32 heavy (non-hydrogen) atoms. The van der Waals surface area contributed by atoms with Gasteiger partial charge in [-0.15, -0.1) is 0 Å². The van der Waals surface area contributed by atoms with Crippen molar-refractivity contribution in [1.29, 1.82) is 0 Å². The monoisotopic (exact) mass is 475 g/mol. The van der Waals surface area contributed by atoms with Crippen molar-refractivity contribution in [3.8, 4) is 0 Å². The van der Waals surface area contributed by atoms with Crippen LogP contribution in [0.2, 0.25) is 5.02 Å². The van der Waals surface area contributed by atoms with Crippen molar-refractivity contribution in [2.45, 2.75) is 31.7 Å². The number of hydrogen-bond donors (Lipinski definition) is 3. The first-order valence-electron chi connectivity index (χ1n) is 9.63. The summed E-state index contributed by atoms with van der Waals surface area (Å²) in [6.07, 6.45) is 0.110. The number of hydrazine groups is 1. The molecule has 0 saturated heterocycles. The van der Waals surface area contributed by atoms with Gasteiger partial charge in [-0.1, -0.05) is 29.8 Å². The van der Waals surface area contributed by atoms with Gasteiger partial charge in [-0.25, -0.2) is 8.42 Å². The molecule has 0 aliphatic carbocycles. The molecule has 0 fully saturated rings. The Hall–Kier alpha value is -3.37. The lowest BCUT2D eigenvalue weighted by atomic mass is 10.2. The number of para-hydroxylation sites is 1. The minimum atomic E-state index is -3.98. The first-order chi connectivity index (χ1) is 15.2. The third-order valence-corrected chi connectivity index (χ3v) is 6.19. The number of nitrogens with zero attached hydrogens (tertiary/aromatic N) is 2. The summed E-state index contributed by atoms with van der Waals surface area (Å²) >= 11 is 6.01. The Morgan fingerprint density at radius 3 is 2.47 bits per heavy atom. The van der Waals surface area contributed by atoms with E-state index in [9.17, 15) is 18.0 Å². The minimum absolute atomic E-state index is 0.0610. The van der Waals surface area contributed by atoms with Gasteiger partial charge in [-0.05, 0) is 50.2 Å². The lowest BCUT2D eigenvalue weighted by Gasteiger charge is -2.11. The van der Waals surface area contributed by atoms with Crippen molar-refractivity contribution in [3.63, 3.8) is 0 Å². The van der Waals surface area contributed by atoms with E-state index >= 15 is 0 Å². The summed E-state index contributed by atoms with van der Waals surface area (Å²) in [5.74, 6) is -1.06. The fraction of sp³-hybridized carbons (Fsp3) is 0.190. The molecule has 2 aromatic carbocycles. The van der Waals surface area contributed by atoms with Crippen LogP contribution in [-0.2, 0) is 21.4 Å². The van der Waals surface area contributed by atoms with Gasteiger partial charge in [0.1, 0.15) is 0 Å². The third-order valence-electron chi connectivity index (χ3n) is 4.49. The van der Waals surface area contributed by atoms with E-state index in [1.165, 1.54) is 30.3 Å². The van der Waals surface area contributed by atoms with Crippen molar-refractivity contribution in [2.75, 3.05) is 4.72 Å². The van der Waals surface area contributed by atoms with Crippen LogP contribution in [-0.4, -0.2) is 30.0 Å². The number of sulfonamides is 1. The number of benzene rings is 2. The lowest BCUT2D eigenvalue weighted by Crippen LogP contribution is -2.42. The van der Waals surface area contributed by atoms with Crippen LogP contribution >= 0.6 is 11.6 Å². The van der Waals surface area contributed by atoms with Crippen molar-refractivity contribution < 1.29 is 18.0 Å². The average Bonchev–Trinajstić information content (AvgIpc) is 3.09. The van der Waals surface area contributed by atoms with Crippen LogP contribution in [0.3, 0.4) is 0 Å². The molecule has 2 amide bonds. The molecule has 0 unspecified atom stereocenters. The van der Waals surface area contributed by atoms with Crippen LogP contribution < -0.4 is 15.6 Å². The van der Waals surface area contributed by atoms with Crippen LogP contribution in [0.15, 0.2) is 59.5 Å². The van der Waals surface area contributed by atoms with E-state index < -0.39 is 21.8 Å². The zero-order chi connectivity index (χ0) is 23.3. The number of halogens is 1. The summed E-state index contributed by atoms with van der Waals surface area (Å²) in [6, 6.07) is 13.7. The molecule has 0 atom stereocenters. The highest BCUT2D eigenvalue weighted by atomic mass is 35.5. The number of carbonyl (C=O) groups excluding carboxylic acids is 2. The van der Waals surface area contributed by atoms with Crippen molar-refractivity contribution in [2.24, 2.45) is 0 Å². The highest BCUT2D eigenvalue weighted by Gasteiger charge is 2.18. The summed E-state index contributed by atoms with van der Waals surface area (Å²) in [5, 5.41) is 4.51. The molecule has 9 nitrogen and oxygen atoms in total. The van der Waals surface area contributed by atoms with E-state index in [1.54, 1.807) is 22.9 Å². The van der Waals surface area contributed by atoms with Crippen molar-refractivity contribution in [3.05, 3.63) is 76.6 Å². The summed E-state index contributed by atoms with van der Waals surface area (Å²) < 4.78 is 29.4. The van der Waals surface area contributed by atoms with Crippen LogP contribution in [0.1, 0.15) is 28.2 Å². The molecule has 3 aromatic rings. The SMILES string of the molecule is Cc1cc(C)n(CCC(=O)NNC(=O)c2cccc(S(=O)(=O)Nc3ccccc3Cl)c2)n1. The smallest absolute Gasteiger partial charge is 0.269 e. The Morgan fingerprint density at radius 2 is 1.78 bits per heavy atom. The third kappa shape index (κ3) is 5.86. The number of aryl methyl sites for hydroxylation is 3. The quantitative estimate of drug-likeness (QED) is 0.453. The Bertz CT molecular complexity index is 1260. The summed E-state index contributed by atoms with van der Waals surface area (Å²) in [7, 11) is -3.98. The predicted molar refractivity (Wildman–Crippen MR) is 121 cm³/mol. The molecule has 11 heteroatoms. The van der Waals surface area contributed by atoms with Crippen LogP contribution in [0.4, 0.5) is 5.69 Å². The highest BCUT2D eigenvalue weighted by molar-refractivity contribution is 7.92. The molecule has 0 radical (unpaired) electrons. The predicted octanol–water partition coefficient (Wildman–Crippen LogP) is 2.81. The Kier molecular flexibility index (Phi) is 7.16. The Balaban J connectivity index is 1.60. The van der Waals surface area contributed by atoms with E-state index in [4.69, 9.17) is 11.6 Å². The molecule has 1 heterocycles. The molecular weight excluding hydrogens is 454 g/mol. The number of anilines is 1. The van der Waals surface area contributed by atoms with E-state index in [1.807, 2.05) is 19.9 Å². The van der Waals surface area contributed by atoms with Gasteiger partial charge in [0.2, 0.25) is 5.91 Å². The zero-order valence-corrected chi connectivity index (χ0v) is 19.0. The van der Waals surface area contributed by atoms with Crippen molar-refractivity contribution >= 4 is 39.1 Å². The largest absolute Gasteiger partial charge is 0.278 e. The normalized spacial score (nSPS) is 11.1. The molecule has 3 N–H and O–H groups in total. The van der Waals surface area contributed by atoms with E-state index in [0.717, 1.165) is 11.4 Å². The molecule has 0 aliphatic heterocycles. The topological polar surface area (TPSA) is 122 Å². The second-order valence-electron chi connectivity index (χ2n) is 7.02. The summed E-state index contributed by atoms with van der Waals surface area (Å²) in [4.78, 5) is 24.3. The number of hydrogen-bond acceptors (Lipinski definition) is 5. The summed E-state index contributed by atoms with van der Waals surface area (Å²) in [6.45, 7) is 4.12. The number of nitrogens with one attached hydrogen (secondary N) is 3. The first-order valence-corrected chi connectivity index (χ1v) is 11.5. The molecule has 3 rings (SSSR count). The van der Waals surface area contributed by atoms with Gasteiger partial charge in [-0.3, -0.25) is 29.8 Å². The fourth-order valence-electron chi connectivity index (χ4n) is 2.92. The fourth-order valence-corrected chi connectivity index (χ4v) is 4.29. The van der Waals surface area contributed by atoms with E-state index in [0.29, 0.717) is 6.54 Å². The maximum Gasteiger partial charge on any atom is 0.269 e. The number of amides is 2. The zero-order valence-electron chi connectivity index (χ0n) is 17.4. The van der Waals surface area contributed by atoms with Crippen LogP contribution in [0.25, 0.3) is 0 Å². The molecule has 0 spiro atoms. The molecule has 0 saturated carbocycles.